The molecule has 0 amide bonds. The van der Waals surface area contributed by atoms with Gasteiger partial charge in [-0.15, -0.1) is 11.3 Å². The second-order valence-electron chi connectivity index (χ2n) is 8.19. The van der Waals surface area contributed by atoms with E-state index in [2.05, 4.69) is 29.7 Å². The fraction of sp³-hybridized carbons (Fsp3) is 0.348. The third kappa shape index (κ3) is 4.38. The van der Waals surface area contributed by atoms with E-state index in [1.54, 1.807) is 23.5 Å². The molecule has 0 spiro atoms. The highest BCUT2D eigenvalue weighted by atomic mass is 32.1. The Morgan fingerprint density at radius 3 is 2.38 bits per heavy atom. The second-order valence-corrected chi connectivity index (χ2v) is 9.61. The average Bonchev–Trinajstić information content (AvgIpc) is 3.34. The van der Waals surface area contributed by atoms with Crippen molar-refractivity contribution in [1.82, 2.24) is 29.1 Å². The lowest BCUT2D eigenvalue weighted by atomic mass is 10.2. The SMILES string of the molecule is C[C@H](c1nc2ccccc2s1)N(C)Cn1nc([C@H](C)N(C)C)n(-c2ccc(F)cc2)c1=S. The van der Waals surface area contributed by atoms with Gasteiger partial charge in [-0.2, -0.15) is 5.10 Å². The fourth-order valence-corrected chi connectivity index (χ4v) is 4.82. The molecule has 0 N–H and O–H groups in total. The molecule has 32 heavy (non-hydrogen) atoms. The number of benzene rings is 2. The van der Waals surface area contributed by atoms with Crippen molar-refractivity contribution in [2.24, 2.45) is 0 Å². The molecule has 0 radical (unpaired) electrons. The highest BCUT2D eigenvalue weighted by Gasteiger charge is 2.22. The number of halogens is 1. The molecule has 0 fully saturated rings. The van der Waals surface area contributed by atoms with Crippen LogP contribution in [0.15, 0.2) is 48.5 Å². The van der Waals surface area contributed by atoms with Crippen LogP contribution in [0, 0.1) is 10.6 Å². The first-order valence-electron chi connectivity index (χ1n) is 10.4. The van der Waals surface area contributed by atoms with Gasteiger partial charge in [0.05, 0.1) is 29.0 Å². The van der Waals surface area contributed by atoms with Crippen LogP contribution in [0.5, 0.6) is 0 Å². The lowest BCUT2D eigenvalue weighted by molar-refractivity contribution is 0.193. The summed E-state index contributed by atoms with van der Waals surface area (Å²) in [6.07, 6.45) is 0. The summed E-state index contributed by atoms with van der Waals surface area (Å²) in [6.45, 7) is 4.73. The Kier molecular flexibility index (Phi) is 6.52. The highest BCUT2D eigenvalue weighted by molar-refractivity contribution is 7.71. The molecule has 6 nitrogen and oxygen atoms in total. The standard InChI is InChI=1S/C23H27FN6S2/c1-15(27(3)4)21-26-29(23(31)30(21)18-12-10-17(24)11-13-18)14-28(5)16(2)22-25-19-8-6-7-9-20(19)32-22/h6-13,15-16H,14H2,1-5H3/t15-,16+/m0/s1. The van der Waals surface area contributed by atoms with Crippen LogP contribution in [0.25, 0.3) is 15.9 Å². The van der Waals surface area contributed by atoms with Gasteiger partial charge in [0.15, 0.2) is 5.82 Å². The number of hydrogen-bond acceptors (Lipinski definition) is 6. The van der Waals surface area contributed by atoms with Gasteiger partial charge in [-0.1, -0.05) is 12.1 Å². The van der Waals surface area contributed by atoms with E-state index in [1.165, 1.54) is 16.8 Å². The molecule has 168 valence electrons. The zero-order valence-corrected chi connectivity index (χ0v) is 20.5. The van der Waals surface area contributed by atoms with Gasteiger partial charge in [0.1, 0.15) is 10.8 Å². The zero-order chi connectivity index (χ0) is 23.0. The molecule has 2 heterocycles. The fourth-order valence-electron chi connectivity index (χ4n) is 3.44. The molecular weight excluding hydrogens is 443 g/mol. The van der Waals surface area contributed by atoms with Crippen LogP contribution >= 0.6 is 23.6 Å². The van der Waals surface area contributed by atoms with Gasteiger partial charge in [0.2, 0.25) is 4.77 Å². The van der Waals surface area contributed by atoms with Crippen molar-refractivity contribution in [2.75, 3.05) is 21.1 Å². The van der Waals surface area contributed by atoms with E-state index in [1.807, 2.05) is 48.6 Å². The van der Waals surface area contributed by atoms with Gasteiger partial charge in [0, 0.05) is 5.69 Å². The van der Waals surface area contributed by atoms with Crippen LogP contribution < -0.4 is 0 Å². The molecule has 4 aromatic rings. The first-order chi connectivity index (χ1) is 15.3. The predicted octanol–water partition coefficient (Wildman–Crippen LogP) is 5.43. The number of fused-ring (bicyclic) bond motifs is 1. The van der Waals surface area contributed by atoms with Gasteiger partial charge in [0.25, 0.3) is 0 Å². The van der Waals surface area contributed by atoms with E-state index in [-0.39, 0.29) is 17.9 Å². The van der Waals surface area contributed by atoms with Crippen LogP contribution in [0.2, 0.25) is 0 Å². The molecule has 2 aromatic heterocycles. The first-order valence-corrected chi connectivity index (χ1v) is 11.7. The Morgan fingerprint density at radius 1 is 1.03 bits per heavy atom. The van der Waals surface area contributed by atoms with Gasteiger partial charge < -0.3 is 0 Å². The van der Waals surface area contributed by atoms with Crippen molar-refractivity contribution >= 4 is 33.8 Å². The number of para-hydroxylation sites is 1. The van der Waals surface area contributed by atoms with Crippen molar-refractivity contribution in [2.45, 2.75) is 32.6 Å². The van der Waals surface area contributed by atoms with Gasteiger partial charge in [-0.25, -0.2) is 14.1 Å². The Bertz CT molecular complexity index is 1240. The summed E-state index contributed by atoms with van der Waals surface area (Å²) in [5.41, 5.74) is 1.82. The minimum Gasteiger partial charge on any atom is -0.300 e. The first kappa shape index (κ1) is 22.7. The third-order valence-corrected chi connectivity index (χ3v) is 7.38. The molecule has 0 saturated heterocycles. The number of nitrogens with zero attached hydrogens (tertiary/aromatic N) is 6. The molecule has 0 unspecified atom stereocenters. The van der Waals surface area contributed by atoms with Crippen LogP contribution in [0.1, 0.15) is 36.8 Å². The summed E-state index contributed by atoms with van der Waals surface area (Å²) in [5, 5.41) is 5.93. The Hall–Kier alpha value is -2.46. The van der Waals surface area contributed by atoms with Gasteiger partial charge in [-0.05, 0) is 83.6 Å². The largest absolute Gasteiger partial charge is 0.300 e. The molecular formula is C23H27FN6S2. The minimum atomic E-state index is -0.278. The quantitative estimate of drug-likeness (QED) is 0.337. The molecule has 9 heteroatoms. The molecule has 0 aliphatic carbocycles. The second kappa shape index (κ2) is 9.19. The maximum atomic E-state index is 13.5. The lowest BCUT2D eigenvalue weighted by Gasteiger charge is -2.22. The molecule has 2 atom stereocenters. The molecule has 4 rings (SSSR count). The van der Waals surface area contributed by atoms with E-state index < -0.39 is 0 Å². The smallest absolute Gasteiger partial charge is 0.203 e. The number of thiazole rings is 1. The van der Waals surface area contributed by atoms with E-state index in [0.29, 0.717) is 11.4 Å². The molecule has 0 saturated carbocycles. The Balaban J connectivity index is 1.67. The van der Waals surface area contributed by atoms with Crippen molar-refractivity contribution in [3.05, 3.63) is 70.0 Å². The van der Waals surface area contributed by atoms with E-state index in [0.717, 1.165) is 22.0 Å². The van der Waals surface area contributed by atoms with Crippen LogP contribution in [-0.2, 0) is 6.67 Å². The van der Waals surface area contributed by atoms with E-state index in [4.69, 9.17) is 22.3 Å². The van der Waals surface area contributed by atoms with Crippen LogP contribution in [-0.4, -0.2) is 50.3 Å². The summed E-state index contributed by atoms with van der Waals surface area (Å²) in [6, 6.07) is 14.7. The maximum absolute atomic E-state index is 13.5. The van der Waals surface area contributed by atoms with E-state index in [9.17, 15) is 4.39 Å². The topological polar surface area (TPSA) is 42.1 Å². The third-order valence-electron chi connectivity index (χ3n) is 5.78. The Morgan fingerprint density at radius 2 is 1.72 bits per heavy atom. The molecule has 0 bridgehead atoms. The molecule has 0 aliphatic heterocycles. The maximum Gasteiger partial charge on any atom is 0.203 e. The number of aromatic nitrogens is 4. The zero-order valence-electron chi connectivity index (χ0n) is 18.9. The van der Waals surface area contributed by atoms with Crippen molar-refractivity contribution in [3.63, 3.8) is 0 Å². The average molecular weight is 471 g/mol. The van der Waals surface area contributed by atoms with Crippen molar-refractivity contribution in [1.29, 1.82) is 0 Å². The highest BCUT2D eigenvalue weighted by Crippen LogP contribution is 2.29. The van der Waals surface area contributed by atoms with Crippen LogP contribution in [0.3, 0.4) is 0 Å². The minimum absolute atomic E-state index is 0.0231. The van der Waals surface area contributed by atoms with Crippen LogP contribution in [0.4, 0.5) is 4.39 Å². The van der Waals surface area contributed by atoms with Gasteiger partial charge >= 0.3 is 0 Å². The molecule has 0 aliphatic rings. The summed E-state index contributed by atoms with van der Waals surface area (Å²) in [5.74, 6) is 0.534. The van der Waals surface area contributed by atoms with E-state index >= 15 is 0 Å². The predicted molar refractivity (Wildman–Crippen MR) is 130 cm³/mol. The molecule has 2 aromatic carbocycles. The lowest BCUT2D eigenvalue weighted by Crippen LogP contribution is -2.26. The summed E-state index contributed by atoms with van der Waals surface area (Å²) >= 11 is 7.53. The summed E-state index contributed by atoms with van der Waals surface area (Å²) < 4.78 is 19.0. The summed E-state index contributed by atoms with van der Waals surface area (Å²) in [7, 11) is 6.05. The Labute approximate surface area is 196 Å². The number of hydrogen-bond donors (Lipinski definition) is 0. The monoisotopic (exact) mass is 470 g/mol. The number of rotatable bonds is 7. The normalized spacial score (nSPS) is 13.9. The van der Waals surface area contributed by atoms with Crippen molar-refractivity contribution < 1.29 is 4.39 Å². The van der Waals surface area contributed by atoms with Gasteiger partial charge in [-0.3, -0.25) is 14.4 Å². The summed E-state index contributed by atoms with van der Waals surface area (Å²) in [4.78, 5) is 9.06. The van der Waals surface area contributed by atoms with Crippen molar-refractivity contribution in [3.8, 4) is 5.69 Å².